The Kier molecular flexibility index (Phi) is 3.98. The van der Waals surface area contributed by atoms with Crippen molar-refractivity contribution in [1.29, 1.82) is 0 Å². The third-order valence-corrected chi connectivity index (χ3v) is 3.05. The van der Waals surface area contributed by atoms with Gasteiger partial charge in [-0.25, -0.2) is 0 Å². The molecule has 0 atom stereocenters. The molecule has 16 heavy (non-hydrogen) atoms. The Hall–Kier alpha value is -0.590. The fourth-order valence-corrected chi connectivity index (χ4v) is 2.18. The molecule has 0 fully saturated rings. The number of rotatable bonds is 1. The van der Waals surface area contributed by atoms with Crippen LogP contribution in [0.1, 0.15) is 0 Å². The molecule has 2 aromatic carbocycles. The van der Waals surface area contributed by atoms with Gasteiger partial charge in [0, 0.05) is 10.8 Å². The van der Waals surface area contributed by atoms with Crippen LogP contribution in [0.25, 0.3) is 10.8 Å². The monoisotopic (exact) mass is 248 g/mol. The van der Waals surface area contributed by atoms with Crippen molar-refractivity contribution in [2.24, 2.45) is 0 Å². The minimum atomic E-state index is -4.26. The van der Waals surface area contributed by atoms with Crippen molar-refractivity contribution < 1.29 is 18.1 Å². The number of benzene rings is 2. The molecular weight excluding hydrogens is 239 g/mol. The molecule has 0 spiro atoms. The Bertz CT molecular complexity index is 622. The molecule has 6 heteroatoms. The molecule has 2 N–H and O–H groups in total. The van der Waals surface area contributed by atoms with E-state index < -0.39 is 10.1 Å². The van der Waals surface area contributed by atoms with Gasteiger partial charge in [0.25, 0.3) is 10.1 Å². The van der Waals surface area contributed by atoms with Crippen molar-refractivity contribution in [3.05, 3.63) is 36.4 Å². The maximum atomic E-state index is 11.0. The molecule has 0 bridgehead atoms. The Morgan fingerprint density at radius 2 is 1.50 bits per heavy atom. The fourth-order valence-electron chi connectivity index (χ4n) is 1.48. The van der Waals surface area contributed by atoms with Crippen LogP contribution in [0.15, 0.2) is 41.3 Å². The van der Waals surface area contributed by atoms with Crippen molar-refractivity contribution in [2.75, 3.05) is 0 Å². The van der Waals surface area contributed by atoms with E-state index in [1.54, 1.807) is 18.2 Å². The van der Waals surface area contributed by atoms with Crippen molar-refractivity contribution in [2.45, 2.75) is 4.90 Å². The summed E-state index contributed by atoms with van der Waals surface area (Å²) in [7, 11) is -4.26. The van der Waals surface area contributed by atoms with Gasteiger partial charge in [0.05, 0.1) is 0 Å². The zero-order chi connectivity index (χ0) is 11.1. The zero-order valence-electron chi connectivity index (χ0n) is 7.58. The molecule has 0 aliphatic carbocycles. The molecule has 0 aromatic heterocycles. The number of hydrogen-bond donors (Lipinski definition) is 2. The first-order valence-electron chi connectivity index (χ1n) is 4.18. The molecule has 2 rings (SSSR count). The van der Waals surface area contributed by atoms with Crippen LogP contribution in [0.2, 0.25) is 0 Å². The second-order valence-corrected chi connectivity index (χ2v) is 4.49. The van der Waals surface area contributed by atoms with E-state index in [9.17, 15) is 13.5 Å². The molecule has 0 amide bonds. The summed E-state index contributed by atoms with van der Waals surface area (Å²) in [5.74, 6) is -0.0157. The van der Waals surface area contributed by atoms with Crippen molar-refractivity contribution in [1.82, 2.24) is 0 Å². The van der Waals surface area contributed by atoms with E-state index in [1.807, 2.05) is 0 Å². The third-order valence-electron chi connectivity index (χ3n) is 2.14. The van der Waals surface area contributed by atoms with Gasteiger partial charge in [-0.15, -0.1) is 0 Å². The molecule has 0 heterocycles. The normalized spacial score (nSPS) is 11.1. The maximum absolute atomic E-state index is 11.0. The van der Waals surface area contributed by atoms with Crippen LogP contribution in [0.4, 0.5) is 0 Å². The van der Waals surface area contributed by atoms with Crippen LogP contribution in [0.5, 0.6) is 5.75 Å². The molecule has 0 aliphatic heterocycles. The fraction of sp³-hybridized carbons (Fsp3) is 0. The second kappa shape index (κ2) is 4.73. The van der Waals surface area contributed by atoms with E-state index in [4.69, 9.17) is 4.55 Å². The number of phenols is 1. The van der Waals surface area contributed by atoms with Gasteiger partial charge in [-0.2, -0.15) is 8.42 Å². The van der Waals surface area contributed by atoms with Crippen LogP contribution in [-0.4, -0.2) is 47.6 Å². The summed E-state index contributed by atoms with van der Waals surface area (Å²) < 4.78 is 31.0. The molecule has 80 valence electrons. The summed E-state index contributed by atoms with van der Waals surface area (Å²) in [5.41, 5.74) is 0. The average molecular weight is 248 g/mol. The number of aromatic hydroxyl groups is 1. The molecule has 0 radical (unpaired) electrons. The number of fused-ring (bicyclic) bond motifs is 1. The summed E-state index contributed by atoms with van der Waals surface area (Å²) >= 11 is 0. The van der Waals surface area contributed by atoms with Crippen molar-refractivity contribution >= 4 is 50.4 Å². The van der Waals surface area contributed by atoms with Gasteiger partial charge in [-0.05, 0) is 12.1 Å². The van der Waals surface area contributed by atoms with Crippen molar-refractivity contribution in [3.8, 4) is 5.75 Å². The van der Waals surface area contributed by atoms with E-state index in [2.05, 4.69) is 0 Å². The average Bonchev–Trinajstić information content (AvgIpc) is 2.17. The van der Waals surface area contributed by atoms with Crippen LogP contribution in [-0.2, 0) is 10.1 Å². The first-order valence-corrected chi connectivity index (χ1v) is 5.62. The molecular formula is C10H9NaO4S. The van der Waals surface area contributed by atoms with Crippen LogP contribution >= 0.6 is 0 Å². The van der Waals surface area contributed by atoms with Crippen LogP contribution in [0, 0.1) is 0 Å². The third kappa shape index (κ3) is 2.39. The van der Waals surface area contributed by atoms with Gasteiger partial charge in [-0.1, -0.05) is 24.3 Å². The summed E-state index contributed by atoms with van der Waals surface area (Å²) in [6.07, 6.45) is 0. The first-order chi connectivity index (χ1) is 7.00. The van der Waals surface area contributed by atoms with E-state index in [1.165, 1.54) is 18.2 Å². The summed E-state index contributed by atoms with van der Waals surface area (Å²) in [6, 6.07) is 8.84. The topological polar surface area (TPSA) is 74.6 Å². The molecule has 4 nitrogen and oxygen atoms in total. The number of hydrogen-bond acceptors (Lipinski definition) is 3. The first kappa shape index (κ1) is 13.5. The van der Waals surface area contributed by atoms with Crippen molar-refractivity contribution in [3.63, 3.8) is 0 Å². The Morgan fingerprint density at radius 1 is 0.938 bits per heavy atom. The summed E-state index contributed by atoms with van der Waals surface area (Å²) in [4.78, 5) is -0.198. The number of phenolic OH excluding ortho intramolecular Hbond substituents is 1. The quantitative estimate of drug-likeness (QED) is 0.586. The molecule has 0 unspecified atom stereocenters. The van der Waals surface area contributed by atoms with E-state index in [-0.39, 0.29) is 40.2 Å². The molecule has 0 saturated heterocycles. The van der Waals surface area contributed by atoms with E-state index >= 15 is 0 Å². The molecule has 0 saturated carbocycles. The Balaban J connectivity index is 0.00000128. The Labute approximate surface area is 115 Å². The van der Waals surface area contributed by atoms with Gasteiger partial charge in [0.1, 0.15) is 10.6 Å². The summed E-state index contributed by atoms with van der Waals surface area (Å²) in [5, 5.41) is 10.2. The van der Waals surface area contributed by atoms with Gasteiger partial charge < -0.3 is 5.11 Å². The van der Waals surface area contributed by atoms with Gasteiger partial charge in [0.2, 0.25) is 0 Å². The predicted octanol–water partition coefficient (Wildman–Crippen LogP) is 1.14. The zero-order valence-corrected chi connectivity index (χ0v) is 8.40. The molecule has 0 aliphatic rings. The van der Waals surface area contributed by atoms with Gasteiger partial charge in [0.15, 0.2) is 0 Å². The summed E-state index contributed by atoms with van der Waals surface area (Å²) in [6.45, 7) is 0. The van der Waals surface area contributed by atoms with Gasteiger partial charge >= 0.3 is 29.6 Å². The SMILES string of the molecule is O=S(=O)(O)c1ccc(O)c2ccccc12.[NaH]. The van der Waals surface area contributed by atoms with Crippen LogP contribution in [0.3, 0.4) is 0 Å². The Morgan fingerprint density at radius 3 is 2.06 bits per heavy atom. The van der Waals surface area contributed by atoms with E-state index in [0.29, 0.717) is 10.8 Å². The minimum absolute atomic E-state index is 0. The predicted molar refractivity (Wildman–Crippen MR) is 62.6 cm³/mol. The molecule has 2 aromatic rings. The van der Waals surface area contributed by atoms with Crippen LogP contribution < -0.4 is 0 Å². The second-order valence-electron chi connectivity index (χ2n) is 3.10. The van der Waals surface area contributed by atoms with Gasteiger partial charge in [-0.3, -0.25) is 4.55 Å². The van der Waals surface area contributed by atoms with E-state index in [0.717, 1.165) is 0 Å². The standard InChI is InChI=1S/C10H8O4S.Na.H/c11-9-5-6-10(15(12,13)14)8-4-2-1-3-7(8)9;;/h1-6,11H,(H,12,13,14);;.